The van der Waals surface area contributed by atoms with Crippen LogP contribution in [0.5, 0.6) is 0 Å². The largest absolute Gasteiger partial charge is 0.430 e. The molecule has 22 heavy (non-hydrogen) atoms. The molecule has 3 N–H and O–H groups in total. The zero-order valence-electron chi connectivity index (χ0n) is 11.5. The number of alkyl halides is 3. The minimum atomic E-state index is -5.07. The van der Waals surface area contributed by atoms with Gasteiger partial charge in [0.15, 0.2) is 0 Å². The van der Waals surface area contributed by atoms with Crippen molar-refractivity contribution in [3.63, 3.8) is 0 Å². The molecule has 2 heterocycles. The molecule has 1 amide bonds. The molecular weight excluding hydrogens is 297 g/mol. The van der Waals surface area contributed by atoms with E-state index >= 15 is 0 Å². The number of aliphatic hydroxyl groups is 1. The number of nitrogens with one attached hydrogen (secondary N) is 2. The van der Waals surface area contributed by atoms with Gasteiger partial charge in [0.25, 0.3) is 11.5 Å². The van der Waals surface area contributed by atoms with Crippen LogP contribution in [0.2, 0.25) is 0 Å². The third kappa shape index (κ3) is 1.54. The molecule has 116 valence electrons. The van der Waals surface area contributed by atoms with E-state index in [4.69, 9.17) is 0 Å². The van der Waals surface area contributed by atoms with E-state index in [1.165, 1.54) is 12.1 Å². The van der Waals surface area contributed by atoms with Crippen LogP contribution in [0, 0.1) is 0 Å². The lowest BCUT2D eigenvalue weighted by atomic mass is 9.92. The van der Waals surface area contributed by atoms with Gasteiger partial charge in [-0.2, -0.15) is 13.2 Å². The van der Waals surface area contributed by atoms with E-state index in [1.54, 1.807) is 0 Å². The van der Waals surface area contributed by atoms with Crippen molar-refractivity contribution >= 4 is 22.5 Å². The average molecular weight is 310 g/mol. The minimum absolute atomic E-state index is 0.0321. The number of amides is 1. The monoisotopic (exact) mass is 310 g/mol. The Morgan fingerprint density at radius 3 is 2.64 bits per heavy atom. The molecule has 0 radical (unpaired) electrons. The molecule has 0 fully saturated rings. The van der Waals surface area contributed by atoms with Gasteiger partial charge in [-0.15, -0.1) is 0 Å². The average Bonchev–Trinajstić information content (AvgIpc) is 2.93. The lowest BCUT2D eigenvalue weighted by molar-refractivity contribution is -0.252. The summed E-state index contributed by atoms with van der Waals surface area (Å²) in [5, 5.41) is 12.9. The number of carbonyl (C=O) groups excluding carboxylic acids is 1. The standard InChI is InChI=1S/C15H13F3N2O2/c16-15(17,18)14(22)9-6-11-8(5-12(9)20-13(14)21)7-3-1-2-4-10(7)19-11/h5-6,19,22H,1-4H2,(H,20,21). The normalized spacial score (nSPS) is 24.3. The summed E-state index contributed by atoms with van der Waals surface area (Å²) in [4.78, 5) is 14.8. The van der Waals surface area contributed by atoms with E-state index < -0.39 is 23.2 Å². The number of carbonyl (C=O) groups is 1. The van der Waals surface area contributed by atoms with Crippen LogP contribution in [0.3, 0.4) is 0 Å². The predicted molar refractivity (Wildman–Crippen MR) is 73.5 cm³/mol. The number of rotatable bonds is 0. The van der Waals surface area contributed by atoms with E-state index in [1.807, 2.05) is 0 Å². The van der Waals surface area contributed by atoms with Crippen molar-refractivity contribution in [2.75, 3.05) is 5.32 Å². The molecule has 0 saturated carbocycles. The summed E-state index contributed by atoms with van der Waals surface area (Å²) >= 11 is 0. The minimum Gasteiger partial charge on any atom is -0.368 e. The molecule has 2 aliphatic rings. The van der Waals surface area contributed by atoms with Crippen molar-refractivity contribution in [2.24, 2.45) is 0 Å². The number of aromatic amines is 1. The van der Waals surface area contributed by atoms with Crippen LogP contribution in [-0.4, -0.2) is 22.2 Å². The van der Waals surface area contributed by atoms with E-state index in [2.05, 4.69) is 10.3 Å². The number of halogens is 3. The van der Waals surface area contributed by atoms with Gasteiger partial charge in [-0.3, -0.25) is 4.79 Å². The second-order valence-electron chi connectivity index (χ2n) is 5.89. The topological polar surface area (TPSA) is 65.1 Å². The highest BCUT2D eigenvalue weighted by atomic mass is 19.4. The van der Waals surface area contributed by atoms with Crippen LogP contribution < -0.4 is 5.32 Å². The summed E-state index contributed by atoms with van der Waals surface area (Å²) in [6.07, 6.45) is -1.25. The van der Waals surface area contributed by atoms with Gasteiger partial charge in [0.05, 0.1) is 0 Å². The van der Waals surface area contributed by atoms with Gasteiger partial charge in [0, 0.05) is 27.8 Å². The van der Waals surface area contributed by atoms with Gasteiger partial charge in [0.1, 0.15) is 0 Å². The number of benzene rings is 1. The van der Waals surface area contributed by atoms with Crippen molar-refractivity contribution in [1.82, 2.24) is 4.98 Å². The third-order valence-corrected chi connectivity index (χ3v) is 4.61. The zero-order chi connectivity index (χ0) is 15.7. The molecular formula is C15H13F3N2O2. The third-order valence-electron chi connectivity index (χ3n) is 4.61. The van der Waals surface area contributed by atoms with E-state index in [0.29, 0.717) is 5.52 Å². The summed E-state index contributed by atoms with van der Waals surface area (Å²) in [5.41, 5.74) is -1.22. The molecule has 4 rings (SSSR count). The number of aromatic nitrogens is 1. The Hall–Kier alpha value is -2.02. The quantitative estimate of drug-likeness (QED) is 0.700. The fourth-order valence-electron chi connectivity index (χ4n) is 3.48. The molecule has 0 spiro atoms. The Morgan fingerprint density at radius 2 is 1.91 bits per heavy atom. The second kappa shape index (κ2) is 4.04. The van der Waals surface area contributed by atoms with Gasteiger partial charge in [-0.05, 0) is 43.4 Å². The molecule has 1 aromatic carbocycles. The molecule has 7 heteroatoms. The van der Waals surface area contributed by atoms with Gasteiger partial charge in [-0.25, -0.2) is 0 Å². The first-order valence-corrected chi connectivity index (χ1v) is 7.11. The number of aryl methyl sites for hydroxylation is 2. The van der Waals surface area contributed by atoms with Gasteiger partial charge < -0.3 is 15.4 Å². The maximum Gasteiger partial charge on any atom is 0.430 e. The van der Waals surface area contributed by atoms with Crippen LogP contribution in [0.1, 0.15) is 29.7 Å². The van der Waals surface area contributed by atoms with E-state index in [0.717, 1.165) is 42.3 Å². The summed E-state index contributed by atoms with van der Waals surface area (Å²) < 4.78 is 39.5. The molecule has 2 aromatic rings. The maximum absolute atomic E-state index is 13.2. The number of hydrogen-bond acceptors (Lipinski definition) is 2. The summed E-state index contributed by atoms with van der Waals surface area (Å²) in [7, 11) is 0. The smallest absolute Gasteiger partial charge is 0.368 e. The van der Waals surface area contributed by atoms with Crippen LogP contribution in [-0.2, 0) is 23.2 Å². The zero-order valence-corrected chi connectivity index (χ0v) is 11.5. The lowest BCUT2D eigenvalue weighted by Crippen LogP contribution is -2.47. The predicted octanol–water partition coefficient (Wildman–Crippen LogP) is 2.75. The molecule has 0 saturated heterocycles. The van der Waals surface area contributed by atoms with Crippen molar-refractivity contribution in [3.05, 3.63) is 29.0 Å². The number of fused-ring (bicyclic) bond motifs is 4. The highest BCUT2D eigenvalue weighted by Gasteiger charge is 2.64. The Morgan fingerprint density at radius 1 is 1.18 bits per heavy atom. The van der Waals surface area contributed by atoms with Crippen LogP contribution >= 0.6 is 0 Å². The number of H-pyrrole nitrogens is 1. The fourth-order valence-corrected chi connectivity index (χ4v) is 3.48. The lowest BCUT2D eigenvalue weighted by Gasteiger charge is -2.23. The fraction of sp³-hybridized carbons (Fsp3) is 0.400. The molecule has 0 bridgehead atoms. The van der Waals surface area contributed by atoms with Crippen molar-refractivity contribution in [3.8, 4) is 0 Å². The highest BCUT2D eigenvalue weighted by Crippen LogP contribution is 2.48. The Kier molecular flexibility index (Phi) is 2.50. The highest BCUT2D eigenvalue weighted by molar-refractivity contribution is 6.08. The van der Waals surface area contributed by atoms with Crippen LogP contribution in [0.25, 0.3) is 10.9 Å². The Bertz CT molecular complexity index is 809. The molecule has 1 aliphatic carbocycles. The van der Waals surface area contributed by atoms with E-state index in [9.17, 15) is 23.1 Å². The molecule has 1 unspecified atom stereocenters. The molecule has 4 nitrogen and oxygen atoms in total. The first kappa shape index (κ1) is 13.6. The van der Waals surface area contributed by atoms with Crippen LogP contribution in [0.4, 0.5) is 18.9 Å². The summed E-state index contributed by atoms with van der Waals surface area (Å²) in [5.74, 6) is -1.45. The van der Waals surface area contributed by atoms with Crippen molar-refractivity contribution in [1.29, 1.82) is 0 Å². The Labute approximate surface area is 123 Å². The number of hydrogen-bond donors (Lipinski definition) is 3. The first-order valence-electron chi connectivity index (χ1n) is 7.11. The van der Waals surface area contributed by atoms with Gasteiger partial charge >= 0.3 is 6.18 Å². The SMILES string of the molecule is O=C1Nc2cc3c4c([nH]c3cc2C1(O)C(F)(F)F)CCCC4. The Balaban J connectivity index is 1.97. The van der Waals surface area contributed by atoms with Gasteiger partial charge in [-0.1, -0.05) is 0 Å². The first-order chi connectivity index (χ1) is 10.3. The van der Waals surface area contributed by atoms with Crippen molar-refractivity contribution in [2.45, 2.75) is 37.5 Å². The second-order valence-corrected chi connectivity index (χ2v) is 5.89. The molecule has 1 atom stereocenters. The molecule has 1 aliphatic heterocycles. The summed E-state index contributed by atoms with van der Waals surface area (Å²) in [6, 6.07) is 2.78. The van der Waals surface area contributed by atoms with Crippen LogP contribution in [0.15, 0.2) is 12.1 Å². The van der Waals surface area contributed by atoms with E-state index in [-0.39, 0.29) is 5.69 Å². The molecule has 1 aromatic heterocycles. The summed E-state index contributed by atoms with van der Waals surface area (Å²) in [6.45, 7) is 0. The maximum atomic E-state index is 13.2. The number of anilines is 1. The van der Waals surface area contributed by atoms with Gasteiger partial charge in [0.2, 0.25) is 0 Å². The van der Waals surface area contributed by atoms with Crippen molar-refractivity contribution < 1.29 is 23.1 Å².